The first-order valence-electron chi connectivity index (χ1n) is 7.94. The average Bonchev–Trinajstić information content (AvgIpc) is 2.84. The van der Waals surface area contributed by atoms with Gasteiger partial charge < -0.3 is 4.74 Å². The molecule has 0 spiro atoms. The number of halogens is 1. The number of fused-ring (bicyclic) bond motifs is 1. The fourth-order valence-corrected chi connectivity index (χ4v) is 4.14. The highest BCUT2D eigenvalue weighted by Gasteiger charge is 2.33. The molecule has 2 atom stereocenters. The maximum Gasteiger partial charge on any atom is 0.123 e. The molecule has 0 fully saturated rings. The molecule has 1 nitrogen and oxygen atoms in total. The number of ether oxygens (including phenoxy) is 1. The summed E-state index contributed by atoms with van der Waals surface area (Å²) in [5.74, 6) is 1.11. The molecule has 0 radical (unpaired) electrons. The van der Waals surface area contributed by atoms with Crippen molar-refractivity contribution < 1.29 is 4.74 Å². The smallest absolute Gasteiger partial charge is 0.123 e. The van der Waals surface area contributed by atoms with E-state index >= 15 is 0 Å². The molecule has 2 rings (SSSR count). The zero-order valence-electron chi connectivity index (χ0n) is 13.0. The van der Waals surface area contributed by atoms with Crippen molar-refractivity contribution >= 4 is 15.9 Å². The molecule has 1 aromatic carbocycles. The van der Waals surface area contributed by atoms with Gasteiger partial charge in [0.1, 0.15) is 11.9 Å². The molecule has 1 aliphatic heterocycles. The largest absolute Gasteiger partial charge is 0.490 e. The van der Waals surface area contributed by atoms with Crippen molar-refractivity contribution in [2.45, 2.75) is 65.4 Å². The monoisotopic (exact) mass is 338 g/mol. The van der Waals surface area contributed by atoms with Gasteiger partial charge in [0.25, 0.3) is 0 Å². The molecule has 112 valence electrons. The summed E-state index contributed by atoms with van der Waals surface area (Å²) < 4.78 is 6.18. The van der Waals surface area contributed by atoms with E-state index in [4.69, 9.17) is 4.74 Å². The van der Waals surface area contributed by atoms with E-state index in [-0.39, 0.29) is 0 Å². The van der Waals surface area contributed by atoms with Crippen LogP contribution in [0.4, 0.5) is 0 Å². The molecule has 1 aromatic rings. The van der Waals surface area contributed by atoms with Crippen LogP contribution in [0.15, 0.2) is 18.2 Å². The molecule has 0 aromatic heterocycles. The average molecular weight is 339 g/mol. The highest BCUT2D eigenvalue weighted by molar-refractivity contribution is 9.09. The van der Waals surface area contributed by atoms with E-state index in [0.717, 1.165) is 17.5 Å². The van der Waals surface area contributed by atoms with Crippen LogP contribution in [0.3, 0.4) is 0 Å². The Bertz CT molecular complexity index is 437. The van der Waals surface area contributed by atoms with Crippen LogP contribution in [0.25, 0.3) is 0 Å². The van der Waals surface area contributed by atoms with Crippen molar-refractivity contribution in [2.24, 2.45) is 5.41 Å². The van der Waals surface area contributed by atoms with Gasteiger partial charge in [-0.25, -0.2) is 0 Å². The van der Waals surface area contributed by atoms with E-state index in [0.29, 0.717) is 11.5 Å². The summed E-state index contributed by atoms with van der Waals surface area (Å²) in [5, 5.41) is 1.09. The second-order valence-electron chi connectivity index (χ2n) is 6.35. The maximum atomic E-state index is 6.18. The lowest BCUT2D eigenvalue weighted by molar-refractivity contribution is 0.136. The normalized spacial score (nSPS) is 20.3. The molecule has 0 saturated heterocycles. The molecule has 2 heteroatoms. The first kappa shape index (κ1) is 15.9. The van der Waals surface area contributed by atoms with Crippen LogP contribution in [0.1, 0.15) is 57.1 Å². The Morgan fingerprint density at radius 3 is 2.80 bits per heavy atom. The number of aryl methyl sites for hydroxylation is 1. The summed E-state index contributed by atoms with van der Waals surface area (Å²) in [6.45, 7) is 6.76. The predicted octanol–water partition coefficient (Wildman–Crippen LogP) is 5.67. The Hall–Kier alpha value is -0.500. The van der Waals surface area contributed by atoms with Gasteiger partial charge in [-0.3, -0.25) is 0 Å². The van der Waals surface area contributed by atoms with E-state index in [2.05, 4.69) is 54.9 Å². The van der Waals surface area contributed by atoms with Crippen LogP contribution in [-0.4, -0.2) is 11.4 Å². The van der Waals surface area contributed by atoms with Gasteiger partial charge in [-0.15, -0.1) is 0 Å². The highest BCUT2D eigenvalue weighted by Crippen LogP contribution is 2.40. The van der Waals surface area contributed by atoms with E-state index in [1.807, 2.05) is 0 Å². The number of rotatable bonds is 7. The Morgan fingerprint density at radius 2 is 2.15 bits per heavy atom. The van der Waals surface area contributed by atoms with Gasteiger partial charge in [-0.2, -0.15) is 0 Å². The van der Waals surface area contributed by atoms with E-state index in [1.165, 1.54) is 43.2 Å². The number of alkyl halides is 1. The molecule has 2 unspecified atom stereocenters. The van der Waals surface area contributed by atoms with Gasteiger partial charge in [0, 0.05) is 11.8 Å². The highest BCUT2D eigenvalue weighted by atomic mass is 79.9. The van der Waals surface area contributed by atoms with Gasteiger partial charge in [0.15, 0.2) is 0 Å². The van der Waals surface area contributed by atoms with Gasteiger partial charge in [0.2, 0.25) is 0 Å². The summed E-state index contributed by atoms with van der Waals surface area (Å²) in [5.41, 5.74) is 3.13. The second-order valence-corrected chi connectivity index (χ2v) is 6.91. The van der Waals surface area contributed by atoms with E-state index in [9.17, 15) is 0 Å². The third kappa shape index (κ3) is 3.58. The van der Waals surface area contributed by atoms with Crippen LogP contribution in [-0.2, 0) is 6.42 Å². The summed E-state index contributed by atoms with van der Waals surface area (Å²) in [7, 11) is 0. The molecular weight excluding hydrogens is 312 g/mol. The van der Waals surface area contributed by atoms with Crippen molar-refractivity contribution in [1.82, 2.24) is 0 Å². The molecular formula is C18H27BrO. The minimum atomic E-state index is 0.362. The van der Waals surface area contributed by atoms with Gasteiger partial charge in [0.05, 0.1) is 0 Å². The minimum Gasteiger partial charge on any atom is -0.490 e. The lowest BCUT2D eigenvalue weighted by atomic mass is 9.77. The topological polar surface area (TPSA) is 9.23 Å². The van der Waals surface area contributed by atoms with Gasteiger partial charge in [-0.05, 0) is 43.2 Å². The first-order chi connectivity index (χ1) is 9.62. The third-order valence-electron chi connectivity index (χ3n) is 4.71. The quantitative estimate of drug-likeness (QED) is 0.582. The number of hydrogen-bond acceptors (Lipinski definition) is 1. The fourth-order valence-electron chi connectivity index (χ4n) is 3.24. The molecule has 1 aliphatic rings. The molecule has 0 amide bonds. The zero-order chi connectivity index (χ0) is 14.6. The van der Waals surface area contributed by atoms with Crippen LogP contribution in [0.5, 0.6) is 5.75 Å². The third-order valence-corrected chi connectivity index (χ3v) is 5.90. The van der Waals surface area contributed by atoms with E-state index < -0.39 is 0 Å². The molecule has 0 bridgehead atoms. The second kappa shape index (κ2) is 6.98. The maximum absolute atomic E-state index is 6.18. The molecule has 0 saturated carbocycles. The van der Waals surface area contributed by atoms with Crippen LogP contribution in [0.2, 0.25) is 0 Å². The lowest BCUT2D eigenvalue weighted by Gasteiger charge is -2.33. The van der Waals surface area contributed by atoms with Gasteiger partial charge >= 0.3 is 0 Å². The predicted molar refractivity (Wildman–Crippen MR) is 90.0 cm³/mol. The van der Waals surface area contributed by atoms with Crippen molar-refractivity contribution in [3.8, 4) is 5.75 Å². The standard InChI is InChI=1S/C18H27BrO/c1-4-6-9-18(5-2,13-19)12-16-11-15-10-14(3)7-8-17(15)20-16/h7-8,10,16H,4-6,9,11-13H2,1-3H3. The van der Waals surface area contributed by atoms with Crippen molar-refractivity contribution in [3.05, 3.63) is 29.3 Å². The Morgan fingerprint density at radius 1 is 1.35 bits per heavy atom. The van der Waals surface area contributed by atoms with Crippen molar-refractivity contribution in [3.63, 3.8) is 0 Å². The Balaban J connectivity index is 2.03. The summed E-state index contributed by atoms with van der Waals surface area (Å²) >= 11 is 3.76. The SMILES string of the molecule is CCCCC(CC)(CBr)CC1Cc2cc(C)ccc2O1. The summed E-state index contributed by atoms with van der Waals surface area (Å²) in [6.07, 6.45) is 7.74. The molecule has 20 heavy (non-hydrogen) atoms. The summed E-state index contributed by atoms with van der Waals surface area (Å²) in [6, 6.07) is 6.57. The van der Waals surface area contributed by atoms with Gasteiger partial charge in [-0.1, -0.05) is 60.3 Å². The number of benzene rings is 1. The van der Waals surface area contributed by atoms with Crippen molar-refractivity contribution in [1.29, 1.82) is 0 Å². The lowest BCUT2D eigenvalue weighted by Crippen LogP contribution is -2.30. The zero-order valence-corrected chi connectivity index (χ0v) is 14.6. The molecule has 0 N–H and O–H groups in total. The van der Waals surface area contributed by atoms with E-state index in [1.54, 1.807) is 0 Å². The first-order valence-corrected chi connectivity index (χ1v) is 9.07. The molecule has 1 heterocycles. The Kier molecular flexibility index (Phi) is 5.54. The summed E-state index contributed by atoms with van der Waals surface area (Å²) in [4.78, 5) is 0. The minimum absolute atomic E-state index is 0.362. The van der Waals surface area contributed by atoms with Crippen molar-refractivity contribution in [2.75, 3.05) is 5.33 Å². The number of unbranched alkanes of at least 4 members (excludes halogenated alkanes) is 1. The Labute approximate surface area is 132 Å². The van der Waals surface area contributed by atoms with Crippen LogP contribution in [0, 0.1) is 12.3 Å². The fraction of sp³-hybridized carbons (Fsp3) is 0.667. The van der Waals surface area contributed by atoms with Crippen LogP contribution >= 0.6 is 15.9 Å². The van der Waals surface area contributed by atoms with Crippen LogP contribution < -0.4 is 4.74 Å². The number of hydrogen-bond donors (Lipinski definition) is 0. The molecule has 0 aliphatic carbocycles.